The fourth-order valence-electron chi connectivity index (χ4n) is 1.98. The number of nitrogens with zero attached hydrogens (tertiary/aromatic N) is 3. The highest BCUT2D eigenvalue weighted by Gasteiger charge is 2.26. The highest BCUT2D eigenvalue weighted by atomic mass is 32.2. The number of aromatic amines is 1. The molecular formula is C8H14N4S2. The van der Waals surface area contributed by atoms with Crippen LogP contribution in [0.2, 0.25) is 0 Å². The van der Waals surface area contributed by atoms with Crippen molar-refractivity contribution >= 4 is 24.0 Å². The van der Waals surface area contributed by atoms with Crippen molar-refractivity contribution in [3.05, 3.63) is 4.77 Å². The number of aromatic nitrogens is 4. The Labute approximate surface area is 92.4 Å². The Hall–Kier alpha value is -0.360. The van der Waals surface area contributed by atoms with Gasteiger partial charge in [-0.05, 0) is 37.2 Å². The quantitative estimate of drug-likeness (QED) is 0.809. The van der Waals surface area contributed by atoms with E-state index in [2.05, 4.69) is 22.4 Å². The largest absolute Gasteiger partial charge is 0.239 e. The molecule has 1 aliphatic rings. The second kappa shape index (κ2) is 4.44. The number of H-pyrrole nitrogens is 1. The van der Waals surface area contributed by atoms with Crippen LogP contribution in [-0.2, 0) is 0 Å². The molecule has 1 fully saturated rings. The summed E-state index contributed by atoms with van der Waals surface area (Å²) in [7, 11) is 0. The average molecular weight is 230 g/mol. The number of nitrogens with one attached hydrogen (secondary N) is 1. The standard InChI is InChI=1S/C8H14N4S2/c1-2-14-7-4-3-6(5-7)12-8(13)9-10-11-12/h6-7H,2-5H2,1H3,(H,9,11,13). The lowest BCUT2D eigenvalue weighted by Gasteiger charge is -2.10. The van der Waals surface area contributed by atoms with E-state index < -0.39 is 0 Å². The molecule has 1 aromatic rings. The van der Waals surface area contributed by atoms with Crippen LogP contribution in [0.5, 0.6) is 0 Å². The molecule has 0 radical (unpaired) electrons. The van der Waals surface area contributed by atoms with Crippen molar-refractivity contribution in [1.82, 2.24) is 20.2 Å². The van der Waals surface area contributed by atoms with Gasteiger partial charge in [-0.1, -0.05) is 17.2 Å². The van der Waals surface area contributed by atoms with E-state index in [0.717, 1.165) is 5.25 Å². The molecule has 1 aromatic heterocycles. The Morgan fingerprint density at radius 3 is 3.14 bits per heavy atom. The summed E-state index contributed by atoms with van der Waals surface area (Å²) < 4.78 is 2.50. The first-order valence-electron chi connectivity index (χ1n) is 4.92. The maximum absolute atomic E-state index is 5.08. The van der Waals surface area contributed by atoms with Crippen LogP contribution in [0, 0.1) is 4.77 Å². The Kier molecular flexibility index (Phi) is 3.22. The Balaban J connectivity index is 2.02. The highest BCUT2D eigenvalue weighted by molar-refractivity contribution is 7.99. The third kappa shape index (κ3) is 2.00. The number of rotatable bonds is 3. The Bertz CT molecular complexity index is 345. The summed E-state index contributed by atoms with van der Waals surface area (Å²) in [4.78, 5) is 0. The first-order chi connectivity index (χ1) is 6.81. The van der Waals surface area contributed by atoms with Gasteiger partial charge in [-0.25, -0.2) is 4.68 Å². The van der Waals surface area contributed by atoms with Crippen LogP contribution in [0.4, 0.5) is 0 Å². The molecule has 0 aromatic carbocycles. The number of tetrazole rings is 1. The molecule has 0 aliphatic heterocycles. The Morgan fingerprint density at radius 1 is 1.64 bits per heavy atom. The first-order valence-corrected chi connectivity index (χ1v) is 6.38. The molecule has 2 atom stereocenters. The van der Waals surface area contributed by atoms with Crippen molar-refractivity contribution in [2.45, 2.75) is 37.5 Å². The van der Waals surface area contributed by atoms with Gasteiger partial charge >= 0.3 is 0 Å². The molecule has 1 saturated carbocycles. The van der Waals surface area contributed by atoms with Gasteiger partial charge in [0, 0.05) is 5.25 Å². The molecule has 14 heavy (non-hydrogen) atoms. The highest BCUT2D eigenvalue weighted by Crippen LogP contribution is 2.36. The minimum Gasteiger partial charge on any atom is -0.239 e. The zero-order valence-electron chi connectivity index (χ0n) is 8.14. The molecular weight excluding hydrogens is 216 g/mol. The Morgan fingerprint density at radius 2 is 2.50 bits per heavy atom. The van der Waals surface area contributed by atoms with E-state index in [0.29, 0.717) is 10.8 Å². The summed E-state index contributed by atoms with van der Waals surface area (Å²) in [6.07, 6.45) is 3.66. The van der Waals surface area contributed by atoms with Crippen molar-refractivity contribution in [3.8, 4) is 0 Å². The molecule has 2 unspecified atom stereocenters. The van der Waals surface area contributed by atoms with E-state index in [1.54, 1.807) is 0 Å². The number of thioether (sulfide) groups is 1. The fourth-order valence-corrected chi connectivity index (χ4v) is 3.34. The van der Waals surface area contributed by atoms with Gasteiger partial charge in [-0.2, -0.15) is 17.0 Å². The van der Waals surface area contributed by atoms with Crippen molar-refractivity contribution in [1.29, 1.82) is 0 Å². The van der Waals surface area contributed by atoms with E-state index in [9.17, 15) is 0 Å². The minimum atomic E-state index is 0.488. The second-order valence-electron chi connectivity index (χ2n) is 3.50. The van der Waals surface area contributed by atoms with E-state index in [-0.39, 0.29) is 0 Å². The lowest BCUT2D eigenvalue weighted by atomic mass is 10.3. The zero-order valence-corrected chi connectivity index (χ0v) is 9.77. The predicted octanol–water partition coefficient (Wildman–Crippen LogP) is 2.18. The molecule has 6 heteroatoms. The lowest BCUT2D eigenvalue weighted by Crippen LogP contribution is -2.08. The molecule has 0 bridgehead atoms. The van der Waals surface area contributed by atoms with E-state index >= 15 is 0 Å². The average Bonchev–Trinajstić information content (AvgIpc) is 2.74. The van der Waals surface area contributed by atoms with Crippen molar-refractivity contribution in [3.63, 3.8) is 0 Å². The summed E-state index contributed by atoms with van der Waals surface area (Å²) in [5, 5.41) is 11.2. The smallest absolute Gasteiger partial charge is 0.238 e. The van der Waals surface area contributed by atoms with E-state index in [4.69, 9.17) is 12.2 Å². The normalized spacial score (nSPS) is 26.9. The van der Waals surface area contributed by atoms with Gasteiger partial charge in [0.1, 0.15) is 0 Å². The zero-order chi connectivity index (χ0) is 9.97. The molecule has 0 saturated heterocycles. The van der Waals surface area contributed by atoms with Crippen molar-refractivity contribution in [2.24, 2.45) is 0 Å². The SMILES string of the molecule is CCSC1CCC(n2[nH]nnc2=S)C1. The van der Waals surface area contributed by atoms with Crippen molar-refractivity contribution in [2.75, 3.05) is 5.75 Å². The van der Waals surface area contributed by atoms with Crippen LogP contribution >= 0.6 is 24.0 Å². The molecule has 1 heterocycles. The maximum atomic E-state index is 5.08. The fraction of sp³-hybridized carbons (Fsp3) is 0.875. The summed E-state index contributed by atoms with van der Waals surface area (Å²) in [5.41, 5.74) is 0. The van der Waals surface area contributed by atoms with Crippen LogP contribution in [0.3, 0.4) is 0 Å². The van der Waals surface area contributed by atoms with Gasteiger partial charge in [0.05, 0.1) is 6.04 Å². The van der Waals surface area contributed by atoms with Crippen molar-refractivity contribution < 1.29 is 0 Å². The third-order valence-electron chi connectivity index (χ3n) is 2.62. The summed E-state index contributed by atoms with van der Waals surface area (Å²) in [5.74, 6) is 1.20. The summed E-state index contributed by atoms with van der Waals surface area (Å²) in [6.45, 7) is 2.21. The monoisotopic (exact) mass is 230 g/mol. The van der Waals surface area contributed by atoms with Crippen LogP contribution in [0.1, 0.15) is 32.2 Å². The molecule has 0 amide bonds. The predicted molar refractivity (Wildman–Crippen MR) is 60.0 cm³/mol. The third-order valence-corrected chi connectivity index (χ3v) is 4.13. The van der Waals surface area contributed by atoms with Gasteiger partial charge in [0.2, 0.25) is 4.77 Å². The van der Waals surface area contributed by atoms with Gasteiger partial charge in [-0.15, -0.1) is 0 Å². The van der Waals surface area contributed by atoms with Gasteiger partial charge in [-0.3, -0.25) is 0 Å². The van der Waals surface area contributed by atoms with Crippen LogP contribution in [0.15, 0.2) is 0 Å². The van der Waals surface area contributed by atoms with Crippen LogP contribution in [-0.4, -0.2) is 31.2 Å². The molecule has 1 N–H and O–H groups in total. The van der Waals surface area contributed by atoms with Gasteiger partial charge < -0.3 is 0 Å². The minimum absolute atomic E-state index is 0.488. The number of hydrogen-bond donors (Lipinski definition) is 1. The topological polar surface area (TPSA) is 46.5 Å². The molecule has 4 nitrogen and oxygen atoms in total. The van der Waals surface area contributed by atoms with Gasteiger partial charge in [0.25, 0.3) is 0 Å². The molecule has 0 spiro atoms. The molecule has 2 rings (SSSR count). The van der Waals surface area contributed by atoms with Gasteiger partial charge in [0.15, 0.2) is 0 Å². The maximum Gasteiger partial charge on any atom is 0.238 e. The molecule has 1 aliphatic carbocycles. The van der Waals surface area contributed by atoms with Crippen LogP contribution < -0.4 is 0 Å². The summed E-state index contributed by atoms with van der Waals surface area (Å²) in [6, 6.07) is 0.488. The van der Waals surface area contributed by atoms with E-state index in [1.165, 1.54) is 25.0 Å². The second-order valence-corrected chi connectivity index (χ2v) is 5.44. The summed E-state index contributed by atoms with van der Waals surface area (Å²) >= 11 is 7.12. The number of hydrogen-bond acceptors (Lipinski definition) is 4. The molecule has 78 valence electrons. The lowest BCUT2D eigenvalue weighted by molar-refractivity contribution is 0.450. The van der Waals surface area contributed by atoms with Crippen LogP contribution in [0.25, 0.3) is 0 Å². The first kappa shape index (κ1) is 10.2. The van der Waals surface area contributed by atoms with E-state index in [1.807, 2.05) is 16.4 Å².